The van der Waals surface area contributed by atoms with Crippen LogP contribution >= 0.6 is 23.2 Å². The van der Waals surface area contributed by atoms with E-state index in [1.807, 2.05) is 43.5 Å². The van der Waals surface area contributed by atoms with Crippen LogP contribution in [0, 0.1) is 0 Å². The maximum atomic E-state index is 11.6. The molecule has 1 heterocycles. The van der Waals surface area contributed by atoms with Gasteiger partial charge in [0.15, 0.2) is 0 Å². The molecule has 1 N–H and O–H groups in total. The Morgan fingerprint density at radius 2 is 1.43 bits per heavy atom. The van der Waals surface area contributed by atoms with Gasteiger partial charge in [-0.2, -0.15) is 5.10 Å². The van der Waals surface area contributed by atoms with Crippen molar-refractivity contribution in [2.45, 2.75) is 18.6 Å². The van der Waals surface area contributed by atoms with Gasteiger partial charge in [-0.15, -0.1) is 0 Å². The van der Waals surface area contributed by atoms with E-state index >= 15 is 0 Å². The number of aliphatic hydroxyl groups is 1. The lowest BCUT2D eigenvalue weighted by molar-refractivity contribution is 0.0247. The molecule has 1 atom stereocenters. The summed E-state index contributed by atoms with van der Waals surface area (Å²) < 4.78 is 1.74. The van der Waals surface area contributed by atoms with E-state index in [4.69, 9.17) is 23.2 Å². The molecule has 0 bridgehead atoms. The van der Waals surface area contributed by atoms with E-state index < -0.39 is 5.60 Å². The van der Waals surface area contributed by atoms with Gasteiger partial charge in [0, 0.05) is 22.4 Å². The average molecular weight is 347 g/mol. The molecular weight excluding hydrogens is 331 g/mol. The highest BCUT2D eigenvalue weighted by atomic mass is 35.5. The fourth-order valence-electron chi connectivity index (χ4n) is 2.76. The molecular formula is C18H16Cl2N2O. The maximum Gasteiger partial charge on any atom is 0.137 e. The van der Waals surface area contributed by atoms with Crippen LogP contribution < -0.4 is 0 Å². The lowest BCUT2D eigenvalue weighted by atomic mass is 9.81. The summed E-state index contributed by atoms with van der Waals surface area (Å²) >= 11 is 12.0. The molecule has 0 aliphatic heterocycles. The van der Waals surface area contributed by atoms with Crippen molar-refractivity contribution in [2.24, 2.45) is 0 Å². The standard InChI is InChI=1S/C18H16Cl2N2O/c1-13(22-12-2-11-21-22)18(23,14-3-7-16(19)8-4-14)15-5-9-17(20)10-6-15/h2-13,23H,1H3. The SMILES string of the molecule is CC(n1cccn1)C(O)(c1ccc(Cl)cc1)c1ccc(Cl)cc1. The molecule has 0 spiro atoms. The topological polar surface area (TPSA) is 38.0 Å². The minimum atomic E-state index is -1.26. The molecule has 0 aliphatic carbocycles. The van der Waals surface area contributed by atoms with Crippen LogP contribution in [0.5, 0.6) is 0 Å². The summed E-state index contributed by atoms with van der Waals surface area (Å²) in [7, 11) is 0. The van der Waals surface area contributed by atoms with Crippen LogP contribution in [0.2, 0.25) is 10.0 Å². The number of rotatable bonds is 4. The Morgan fingerprint density at radius 1 is 0.957 bits per heavy atom. The van der Waals surface area contributed by atoms with Crippen LogP contribution in [0.1, 0.15) is 24.1 Å². The van der Waals surface area contributed by atoms with E-state index in [0.29, 0.717) is 10.0 Å². The Hall–Kier alpha value is -1.81. The normalized spacial score (nSPS) is 13.0. The lowest BCUT2D eigenvalue weighted by Crippen LogP contribution is -2.36. The van der Waals surface area contributed by atoms with Crippen LogP contribution in [0.4, 0.5) is 0 Å². The number of hydrogen-bond acceptors (Lipinski definition) is 2. The first-order valence-corrected chi connectivity index (χ1v) is 8.01. The average Bonchev–Trinajstić information content (AvgIpc) is 3.09. The summed E-state index contributed by atoms with van der Waals surface area (Å²) in [6, 6.07) is 15.9. The molecule has 3 aromatic rings. The maximum absolute atomic E-state index is 11.6. The van der Waals surface area contributed by atoms with Crippen LogP contribution in [-0.4, -0.2) is 14.9 Å². The summed E-state index contributed by atoms with van der Waals surface area (Å²) in [5, 5.41) is 17.2. The predicted molar refractivity (Wildman–Crippen MR) is 92.8 cm³/mol. The smallest absolute Gasteiger partial charge is 0.137 e. The Bertz CT molecular complexity index is 722. The van der Waals surface area contributed by atoms with Crippen molar-refractivity contribution < 1.29 is 5.11 Å². The number of benzene rings is 2. The van der Waals surface area contributed by atoms with E-state index in [1.165, 1.54) is 0 Å². The molecule has 118 valence electrons. The Kier molecular flexibility index (Phi) is 4.44. The summed E-state index contributed by atoms with van der Waals surface area (Å²) in [5.74, 6) is 0. The number of nitrogens with zero attached hydrogens (tertiary/aromatic N) is 2. The largest absolute Gasteiger partial charge is 0.378 e. The predicted octanol–water partition coefficient (Wildman–Crippen LogP) is 4.69. The van der Waals surface area contributed by atoms with Crippen molar-refractivity contribution in [1.82, 2.24) is 9.78 Å². The molecule has 5 heteroatoms. The molecule has 0 aliphatic rings. The van der Waals surface area contributed by atoms with E-state index in [2.05, 4.69) is 5.10 Å². The molecule has 3 rings (SSSR count). The van der Waals surface area contributed by atoms with E-state index in [1.54, 1.807) is 35.1 Å². The van der Waals surface area contributed by atoms with Crippen LogP contribution in [-0.2, 0) is 5.60 Å². The van der Waals surface area contributed by atoms with Crippen molar-refractivity contribution in [2.75, 3.05) is 0 Å². The van der Waals surface area contributed by atoms with E-state index in [-0.39, 0.29) is 6.04 Å². The molecule has 0 saturated carbocycles. The third-order valence-electron chi connectivity index (χ3n) is 4.09. The van der Waals surface area contributed by atoms with Gasteiger partial charge >= 0.3 is 0 Å². The van der Waals surface area contributed by atoms with Crippen molar-refractivity contribution in [3.05, 3.63) is 88.2 Å². The fourth-order valence-corrected chi connectivity index (χ4v) is 3.01. The minimum absolute atomic E-state index is 0.320. The van der Waals surface area contributed by atoms with E-state index in [0.717, 1.165) is 11.1 Å². The van der Waals surface area contributed by atoms with E-state index in [9.17, 15) is 5.11 Å². The third kappa shape index (κ3) is 3.00. The number of aromatic nitrogens is 2. The molecule has 2 aromatic carbocycles. The quantitative estimate of drug-likeness (QED) is 0.744. The van der Waals surface area contributed by atoms with Gasteiger partial charge in [0.05, 0.1) is 6.04 Å². The molecule has 0 radical (unpaired) electrons. The molecule has 23 heavy (non-hydrogen) atoms. The highest BCUT2D eigenvalue weighted by molar-refractivity contribution is 6.30. The van der Waals surface area contributed by atoms with Crippen LogP contribution in [0.25, 0.3) is 0 Å². The zero-order valence-corrected chi connectivity index (χ0v) is 14.0. The van der Waals surface area contributed by atoms with Gasteiger partial charge in [-0.3, -0.25) is 4.68 Å². The zero-order chi connectivity index (χ0) is 16.4. The Morgan fingerprint density at radius 3 is 1.83 bits per heavy atom. The van der Waals surface area contributed by atoms with Gasteiger partial charge in [-0.25, -0.2) is 0 Å². The molecule has 3 nitrogen and oxygen atoms in total. The number of hydrogen-bond donors (Lipinski definition) is 1. The fraction of sp³-hybridized carbons (Fsp3) is 0.167. The Balaban J connectivity index is 2.16. The van der Waals surface area contributed by atoms with Gasteiger partial charge < -0.3 is 5.11 Å². The van der Waals surface area contributed by atoms with Crippen LogP contribution in [0.15, 0.2) is 67.0 Å². The third-order valence-corrected chi connectivity index (χ3v) is 4.60. The first-order chi connectivity index (χ1) is 11.0. The van der Waals surface area contributed by atoms with Crippen molar-refractivity contribution >= 4 is 23.2 Å². The second-order valence-electron chi connectivity index (χ2n) is 5.44. The summed E-state index contributed by atoms with van der Waals surface area (Å²) in [5.41, 5.74) is 0.223. The highest BCUT2D eigenvalue weighted by Gasteiger charge is 2.39. The second-order valence-corrected chi connectivity index (χ2v) is 6.32. The molecule has 1 aromatic heterocycles. The van der Waals surface area contributed by atoms with Gasteiger partial charge in [0.1, 0.15) is 5.60 Å². The first kappa shape index (κ1) is 16.1. The molecule has 0 saturated heterocycles. The zero-order valence-electron chi connectivity index (χ0n) is 12.5. The summed E-state index contributed by atoms with van der Waals surface area (Å²) in [6.07, 6.45) is 3.53. The minimum Gasteiger partial charge on any atom is -0.378 e. The monoisotopic (exact) mass is 346 g/mol. The van der Waals surface area contributed by atoms with Gasteiger partial charge in [0.2, 0.25) is 0 Å². The lowest BCUT2D eigenvalue weighted by Gasteiger charge is -2.35. The van der Waals surface area contributed by atoms with Gasteiger partial charge in [0.25, 0.3) is 0 Å². The Labute approximate surface area is 145 Å². The van der Waals surface area contributed by atoms with Gasteiger partial charge in [-0.1, -0.05) is 47.5 Å². The van der Waals surface area contributed by atoms with Crippen LogP contribution in [0.3, 0.4) is 0 Å². The van der Waals surface area contributed by atoms with Crippen molar-refractivity contribution in [3.63, 3.8) is 0 Å². The number of halogens is 2. The van der Waals surface area contributed by atoms with Gasteiger partial charge in [-0.05, 0) is 48.4 Å². The highest BCUT2D eigenvalue weighted by Crippen LogP contribution is 2.40. The molecule has 1 unspecified atom stereocenters. The summed E-state index contributed by atoms with van der Waals surface area (Å²) in [4.78, 5) is 0. The second kappa shape index (κ2) is 6.36. The first-order valence-electron chi connectivity index (χ1n) is 7.25. The summed E-state index contributed by atoms with van der Waals surface area (Å²) in [6.45, 7) is 1.93. The molecule has 0 fully saturated rings. The van der Waals surface area contributed by atoms with Crippen molar-refractivity contribution in [1.29, 1.82) is 0 Å². The molecule has 0 amide bonds. The van der Waals surface area contributed by atoms with Crippen molar-refractivity contribution in [3.8, 4) is 0 Å².